The molecule has 0 aliphatic rings. The van der Waals surface area contributed by atoms with Gasteiger partial charge in [0.05, 0.1) is 0 Å². The van der Waals surface area contributed by atoms with E-state index in [1.807, 2.05) is 31.2 Å². The Labute approximate surface area is 93.2 Å². The fourth-order valence-electron chi connectivity index (χ4n) is 0.816. The Bertz CT molecular complexity index is 299. The topological polar surface area (TPSA) is 29.1 Å². The number of rotatable bonds is 2. The fraction of sp³-hybridized carbons (Fsp3) is 0.182. The molecule has 2 nitrogen and oxygen atoms in total. The summed E-state index contributed by atoms with van der Waals surface area (Å²) in [5.41, 5.74) is 0.830. The van der Waals surface area contributed by atoms with Crippen molar-refractivity contribution in [3.63, 3.8) is 0 Å². The number of halogens is 1. The number of amides is 1. The van der Waals surface area contributed by atoms with Gasteiger partial charge in [-0.3, -0.25) is 4.79 Å². The van der Waals surface area contributed by atoms with Crippen molar-refractivity contribution in [1.82, 2.24) is 0 Å². The van der Waals surface area contributed by atoms with Gasteiger partial charge in [-0.25, -0.2) is 0 Å². The summed E-state index contributed by atoms with van der Waals surface area (Å²) >= 11 is 3.32. The standard InChI is InChI=1S/C9H10BrNO.C2H4/c1-2-9(12)11-8-5-3-4-7(10)6-8;1-2/h3-6H,2H2,1H3,(H,11,12);1-2H2. The normalized spacial score (nSPS) is 8.43. The monoisotopic (exact) mass is 255 g/mol. The lowest BCUT2D eigenvalue weighted by Crippen LogP contribution is -2.08. The minimum Gasteiger partial charge on any atom is -0.326 e. The quantitative estimate of drug-likeness (QED) is 0.805. The predicted octanol–water partition coefficient (Wildman–Crippen LogP) is 3.60. The van der Waals surface area contributed by atoms with E-state index in [2.05, 4.69) is 34.4 Å². The Morgan fingerprint density at radius 3 is 2.64 bits per heavy atom. The highest BCUT2D eigenvalue weighted by Gasteiger charge is 1.97. The zero-order chi connectivity index (χ0) is 11.0. The van der Waals surface area contributed by atoms with Gasteiger partial charge in [-0.1, -0.05) is 28.9 Å². The van der Waals surface area contributed by atoms with Crippen molar-refractivity contribution < 1.29 is 4.79 Å². The minimum atomic E-state index is 0.0353. The van der Waals surface area contributed by atoms with Crippen LogP contribution in [0.2, 0.25) is 0 Å². The number of carbonyl (C=O) groups excluding carboxylic acids is 1. The van der Waals surface area contributed by atoms with Gasteiger partial charge < -0.3 is 5.32 Å². The molecular formula is C11H14BrNO. The summed E-state index contributed by atoms with van der Waals surface area (Å²) in [6, 6.07) is 7.53. The summed E-state index contributed by atoms with van der Waals surface area (Å²) in [5, 5.41) is 2.76. The molecule has 0 bridgehead atoms. The molecule has 1 N–H and O–H groups in total. The maximum absolute atomic E-state index is 11.0. The molecule has 76 valence electrons. The van der Waals surface area contributed by atoms with Gasteiger partial charge in [0.1, 0.15) is 0 Å². The lowest BCUT2D eigenvalue weighted by molar-refractivity contribution is -0.115. The molecule has 0 radical (unpaired) electrons. The van der Waals surface area contributed by atoms with Crippen molar-refractivity contribution in [3.05, 3.63) is 41.9 Å². The number of benzene rings is 1. The minimum absolute atomic E-state index is 0.0353. The van der Waals surface area contributed by atoms with E-state index < -0.39 is 0 Å². The SMILES string of the molecule is C=C.CCC(=O)Nc1cccc(Br)c1. The van der Waals surface area contributed by atoms with Crippen molar-refractivity contribution in [1.29, 1.82) is 0 Å². The largest absolute Gasteiger partial charge is 0.326 e. The summed E-state index contributed by atoms with van der Waals surface area (Å²) in [6.07, 6.45) is 0.506. The van der Waals surface area contributed by atoms with Crippen LogP contribution in [0.3, 0.4) is 0 Å². The zero-order valence-corrected chi connectivity index (χ0v) is 9.80. The van der Waals surface area contributed by atoms with E-state index in [-0.39, 0.29) is 5.91 Å². The van der Waals surface area contributed by atoms with Crippen molar-refractivity contribution in [2.45, 2.75) is 13.3 Å². The second-order valence-electron chi connectivity index (χ2n) is 2.41. The third kappa shape index (κ3) is 4.82. The number of nitrogens with one attached hydrogen (secondary N) is 1. The van der Waals surface area contributed by atoms with Crippen LogP contribution in [0.5, 0.6) is 0 Å². The van der Waals surface area contributed by atoms with E-state index in [0.29, 0.717) is 6.42 Å². The van der Waals surface area contributed by atoms with Crippen LogP contribution in [0.1, 0.15) is 13.3 Å². The molecule has 3 heteroatoms. The number of anilines is 1. The van der Waals surface area contributed by atoms with Gasteiger partial charge in [-0.05, 0) is 18.2 Å². The highest BCUT2D eigenvalue weighted by molar-refractivity contribution is 9.10. The first-order valence-corrected chi connectivity index (χ1v) is 5.07. The van der Waals surface area contributed by atoms with Crippen molar-refractivity contribution in [2.75, 3.05) is 5.32 Å². The van der Waals surface area contributed by atoms with Gasteiger partial charge in [0.25, 0.3) is 0 Å². The number of hydrogen-bond acceptors (Lipinski definition) is 1. The third-order valence-corrected chi connectivity index (χ3v) is 1.92. The second-order valence-corrected chi connectivity index (χ2v) is 3.33. The Hall–Kier alpha value is -1.09. The van der Waals surface area contributed by atoms with Crippen molar-refractivity contribution in [3.8, 4) is 0 Å². The van der Waals surface area contributed by atoms with E-state index in [1.165, 1.54) is 0 Å². The van der Waals surface area contributed by atoms with Gasteiger partial charge in [0.2, 0.25) is 5.91 Å². The summed E-state index contributed by atoms with van der Waals surface area (Å²) in [5.74, 6) is 0.0353. The predicted molar refractivity (Wildman–Crippen MR) is 64.3 cm³/mol. The highest BCUT2D eigenvalue weighted by Crippen LogP contribution is 2.15. The van der Waals surface area contributed by atoms with E-state index in [0.717, 1.165) is 10.2 Å². The van der Waals surface area contributed by atoms with Crippen LogP contribution in [-0.4, -0.2) is 5.91 Å². The van der Waals surface area contributed by atoms with Gasteiger partial charge >= 0.3 is 0 Å². The molecule has 1 amide bonds. The Morgan fingerprint density at radius 1 is 1.50 bits per heavy atom. The lowest BCUT2D eigenvalue weighted by atomic mass is 10.3. The number of carbonyl (C=O) groups is 1. The second kappa shape index (κ2) is 7.33. The molecule has 14 heavy (non-hydrogen) atoms. The lowest BCUT2D eigenvalue weighted by Gasteiger charge is -2.02. The first-order valence-electron chi connectivity index (χ1n) is 4.28. The van der Waals surface area contributed by atoms with Crippen molar-refractivity contribution in [2.24, 2.45) is 0 Å². The molecule has 0 saturated heterocycles. The molecule has 0 saturated carbocycles. The van der Waals surface area contributed by atoms with Crippen LogP contribution in [0.4, 0.5) is 5.69 Å². The summed E-state index contributed by atoms with van der Waals surface area (Å²) < 4.78 is 0.969. The molecule has 1 rings (SSSR count). The van der Waals surface area contributed by atoms with Crippen LogP contribution in [0.15, 0.2) is 41.9 Å². The van der Waals surface area contributed by atoms with Crippen LogP contribution < -0.4 is 5.32 Å². The van der Waals surface area contributed by atoms with E-state index >= 15 is 0 Å². The van der Waals surface area contributed by atoms with Crippen LogP contribution in [0.25, 0.3) is 0 Å². The Kier molecular flexibility index (Phi) is 6.76. The Morgan fingerprint density at radius 2 is 2.14 bits per heavy atom. The van der Waals surface area contributed by atoms with Crippen LogP contribution in [0, 0.1) is 0 Å². The Balaban J connectivity index is 0.000000791. The zero-order valence-electron chi connectivity index (χ0n) is 8.22. The maximum atomic E-state index is 11.0. The molecule has 1 aromatic rings. The van der Waals surface area contributed by atoms with E-state index in [9.17, 15) is 4.79 Å². The van der Waals surface area contributed by atoms with E-state index in [1.54, 1.807) is 0 Å². The average molecular weight is 256 g/mol. The van der Waals surface area contributed by atoms with Gasteiger partial charge in [0, 0.05) is 16.6 Å². The molecule has 0 heterocycles. The van der Waals surface area contributed by atoms with E-state index in [4.69, 9.17) is 0 Å². The van der Waals surface area contributed by atoms with Gasteiger partial charge in [-0.2, -0.15) is 0 Å². The summed E-state index contributed by atoms with van der Waals surface area (Å²) in [4.78, 5) is 11.0. The highest BCUT2D eigenvalue weighted by atomic mass is 79.9. The molecule has 0 spiro atoms. The van der Waals surface area contributed by atoms with Gasteiger partial charge in [-0.15, -0.1) is 13.2 Å². The molecular weight excluding hydrogens is 242 g/mol. The fourth-order valence-corrected chi connectivity index (χ4v) is 1.21. The molecule has 0 aliphatic carbocycles. The smallest absolute Gasteiger partial charge is 0.224 e. The van der Waals surface area contributed by atoms with Gasteiger partial charge in [0.15, 0.2) is 0 Å². The molecule has 0 aromatic heterocycles. The average Bonchev–Trinajstić information content (AvgIpc) is 2.21. The number of hydrogen-bond donors (Lipinski definition) is 1. The first kappa shape index (κ1) is 12.9. The molecule has 0 atom stereocenters. The van der Waals surface area contributed by atoms with Crippen molar-refractivity contribution >= 4 is 27.5 Å². The van der Waals surface area contributed by atoms with Crippen LogP contribution >= 0.6 is 15.9 Å². The molecule has 0 unspecified atom stereocenters. The molecule has 1 aromatic carbocycles. The third-order valence-electron chi connectivity index (χ3n) is 1.43. The summed E-state index contributed by atoms with van der Waals surface area (Å²) in [6.45, 7) is 7.83. The van der Waals surface area contributed by atoms with Crippen LogP contribution in [-0.2, 0) is 4.79 Å². The first-order chi connectivity index (χ1) is 6.72. The maximum Gasteiger partial charge on any atom is 0.224 e. The molecule has 0 aliphatic heterocycles. The molecule has 0 fully saturated rings. The summed E-state index contributed by atoms with van der Waals surface area (Å²) in [7, 11) is 0.